The van der Waals surface area contributed by atoms with E-state index in [0.717, 1.165) is 17.1 Å². The Hall–Kier alpha value is -1.88. The standard InChI is InChI=1S/C15H14O4S/c1-9-4-5-14(20-9)12(16)8-19-15(17)11-7-10(11)13-3-2-6-18-13/h2-6,10-11H,7-8H2,1H3/t10-,11-/m1/s1. The lowest BCUT2D eigenvalue weighted by Crippen LogP contribution is -2.15. The van der Waals surface area contributed by atoms with Gasteiger partial charge in [-0.3, -0.25) is 9.59 Å². The van der Waals surface area contributed by atoms with E-state index in [-0.39, 0.29) is 30.2 Å². The van der Waals surface area contributed by atoms with Crippen LogP contribution in [0.2, 0.25) is 0 Å². The number of thiophene rings is 1. The topological polar surface area (TPSA) is 56.5 Å². The molecule has 3 rings (SSSR count). The summed E-state index contributed by atoms with van der Waals surface area (Å²) in [5.74, 6) is 0.294. The first-order chi connectivity index (χ1) is 9.65. The molecule has 0 N–H and O–H groups in total. The molecule has 1 aliphatic rings. The number of esters is 1. The molecule has 104 valence electrons. The van der Waals surface area contributed by atoms with E-state index in [0.29, 0.717) is 4.88 Å². The normalized spacial score (nSPS) is 20.6. The molecule has 0 bridgehead atoms. The molecule has 1 aliphatic carbocycles. The van der Waals surface area contributed by atoms with E-state index >= 15 is 0 Å². The number of hydrogen-bond acceptors (Lipinski definition) is 5. The molecule has 0 radical (unpaired) electrons. The van der Waals surface area contributed by atoms with Crippen molar-refractivity contribution >= 4 is 23.1 Å². The Labute approximate surface area is 120 Å². The van der Waals surface area contributed by atoms with Crippen molar-refractivity contribution in [3.05, 3.63) is 46.0 Å². The molecule has 2 aromatic heterocycles. The second kappa shape index (κ2) is 5.25. The van der Waals surface area contributed by atoms with Crippen molar-refractivity contribution in [1.82, 2.24) is 0 Å². The van der Waals surface area contributed by atoms with E-state index in [1.807, 2.05) is 19.1 Å². The zero-order chi connectivity index (χ0) is 14.1. The largest absolute Gasteiger partial charge is 0.469 e. The molecule has 0 aliphatic heterocycles. The highest BCUT2D eigenvalue weighted by molar-refractivity contribution is 7.14. The highest BCUT2D eigenvalue weighted by Crippen LogP contribution is 2.48. The molecule has 0 unspecified atom stereocenters. The Morgan fingerprint density at radius 2 is 2.25 bits per heavy atom. The first-order valence-electron chi connectivity index (χ1n) is 6.45. The lowest BCUT2D eigenvalue weighted by atomic mass is 10.2. The van der Waals surface area contributed by atoms with E-state index in [4.69, 9.17) is 9.15 Å². The summed E-state index contributed by atoms with van der Waals surface area (Å²) in [6.07, 6.45) is 2.33. The number of carbonyl (C=O) groups is 2. The van der Waals surface area contributed by atoms with Crippen LogP contribution >= 0.6 is 11.3 Å². The predicted molar refractivity (Wildman–Crippen MR) is 73.9 cm³/mol. The van der Waals surface area contributed by atoms with Crippen LogP contribution in [0, 0.1) is 12.8 Å². The molecule has 0 saturated heterocycles. The van der Waals surface area contributed by atoms with Gasteiger partial charge < -0.3 is 9.15 Å². The molecular formula is C15H14O4S. The molecule has 2 aromatic rings. The van der Waals surface area contributed by atoms with E-state index < -0.39 is 0 Å². The Bertz CT molecular complexity index is 626. The van der Waals surface area contributed by atoms with E-state index in [1.54, 1.807) is 18.4 Å². The van der Waals surface area contributed by atoms with Gasteiger partial charge in [-0.15, -0.1) is 11.3 Å². The summed E-state index contributed by atoms with van der Waals surface area (Å²) in [4.78, 5) is 25.4. The number of aryl methyl sites for hydroxylation is 1. The quantitative estimate of drug-likeness (QED) is 0.627. The highest BCUT2D eigenvalue weighted by Gasteiger charge is 2.47. The van der Waals surface area contributed by atoms with Gasteiger partial charge in [-0.1, -0.05) is 0 Å². The molecule has 2 atom stereocenters. The number of hydrogen-bond donors (Lipinski definition) is 0. The predicted octanol–water partition coefficient (Wildman–Crippen LogP) is 3.18. The van der Waals surface area contributed by atoms with Crippen molar-refractivity contribution in [2.24, 2.45) is 5.92 Å². The monoisotopic (exact) mass is 290 g/mol. The maximum atomic E-state index is 11.8. The number of Topliss-reactive ketones (excluding diaryl/α,β-unsaturated/α-hetero) is 1. The number of ketones is 1. The van der Waals surface area contributed by atoms with Gasteiger partial charge in [-0.2, -0.15) is 0 Å². The van der Waals surface area contributed by atoms with Crippen LogP contribution in [0.25, 0.3) is 0 Å². The van der Waals surface area contributed by atoms with Crippen molar-refractivity contribution in [3.8, 4) is 0 Å². The van der Waals surface area contributed by atoms with Crippen LogP contribution in [-0.4, -0.2) is 18.4 Å². The Morgan fingerprint density at radius 1 is 1.40 bits per heavy atom. The zero-order valence-corrected chi connectivity index (χ0v) is 11.8. The van der Waals surface area contributed by atoms with Gasteiger partial charge in [0.1, 0.15) is 5.76 Å². The molecule has 2 heterocycles. The lowest BCUT2D eigenvalue weighted by Gasteiger charge is -2.02. The van der Waals surface area contributed by atoms with Crippen LogP contribution in [0.1, 0.15) is 32.6 Å². The van der Waals surface area contributed by atoms with Gasteiger partial charge in [0, 0.05) is 10.8 Å². The second-order valence-electron chi connectivity index (χ2n) is 4.91. The maximum Gasteiger partial charge on any atom is 0.310 e. The molecule has 1 fully saturated rings. The fourth-order valence-electron chi connectivity index (χ4n) is 2.17. The fraction of sp³-hybridized carbons (Fsp3) is 0.333. The van der Waals surface area contributed by atoms with Crippen LogP contribution in [0.4, 0.5) is 0 Å². The van der Waals surface area contributed by atoms with Crippen LogP contribution in [0.3, 0.4) is 0 Å². The van der Waals surface area contributed by atoms with Gasteiger partial charge in [0.15, 0.2) is 6.61 Å². The molecule has 5 heteroatoms. The van der Waals surface area contributed by atoms with Crippen molar-refractivity contribution < 1.29 is 18.7 Å². The average molecular weight is 290 g/mol. The van der Waals surface area contributed by atoms with Gasteiger partial charge in [0.2, 0.25) is 5.78 Å². The summed E-state index contributed by atoms with van der Waals surface area (Å²) in [6, 6.07) is 7.31. The van der Waals surface area contributed by atoms with Crippen molar-refractivity contribution in [1.29, 1.82) is 0 Å². The summed E-state index contributed by atoms with van der Waals surface area (Å²) in [6.45, 7) is 1.76. The molecular weight excluding hydrogens is 276 g/mol. The number of ether oxygens (including phenoxy) is 1. The van der Waals surface area contributed by atoms with Crippen LogP contribution in [0.15, 0.2) is 34.9 Å². The van der Waals surface area contributed by atoms with Gasteiger partial charge in [0.05, 0.1) is 17.1 Å². The lowest BCUT2D eigenvalue weighted by molar-refractivity contribution is -0.144. The smallest absolute Gasteiger partial charge is 0.310 e. The Balaban J connectivity index is 1.50. The summed E-state index contributed by atoms with van der Waals surface area (Å²) in [7, 11) is 0. The fourth-order valence-corrected chi connectivity index (χ4v) is 2.96. The maximum absolute atomic E-state index is 11.8. The minimum atomic E-state index is -0.312. The van der Waals surface area contributed by atoms with Crippen molar-refractivity contribution in [3.63, 3.8) is 0 Å². The Morgan fingerprint density at radius 3 is 2.90 bits per heavy atom. The zero-order valence-electron chi connectivity index (χ0n) is 11.0. The number of carbonyl (C=O) groups excluding carboxylic acids is 2. The molecule has 0 amide bonds. The Kier molecular flexibility index (Phi) is 3.44. The first kappa shape index (κ1) is 13.1. The first-order valence-corrected chi connectivity index (χ1v) is 7.26. The van der Waals surface area contributed by atoms with Crippen LogP contribution in [-0.2, 0) is 9.53 Å². The highest BCUT2D eigenvalue weighted by atomic mass is 32.1. The third-order valence-electron chi connectivity index (χ3n) is 3.36. The molecule has 0 spiro atoms. The average Bonchev–Trinajstić information content (AvgIpc) is 2.87. The summed E-state index contributed by atoms with van der Waals surface area (Å²) >= 11 is 1.41. The van der Waals surface area contributed by atoms with Crippen molar-refractivity contribution in [2.75, 3.05) is 6.61 Å². The van der Waals surface area contributed by atoms with E-state index in [9.17, 15) is 9.59 Å². The van der Waals surface area contributed by atoms with Gasteiger partial charge in [-0.25, -0.2) is 0 Å². The van der Waals surface area contributed by atoms with E-state index in [1.165, 1.54) is 11.3 Å². The number of rotatable bonds is 5. The number of furan rings is 1. The second-order valence-corrected chi connectivity index (χ2v) is 6.19. The molecule has 1 saturated carbocycles. The molecule has 0 aromatic carbocycles. The van der Waals surface area contributed by atoms with Crippen LogP contribution < -0.4 is 0 Å². The third-order valence-corrected chi connectivity index (χ3v) is 4.40. The summed E-state index contributed by atoms with van der Waals surface area (Å²) < 4.78 is 10.4. The van der Waals surface area contributed by atoms with Crippen LogP contribution in [0.5, 0.6) is 0 Å². The minimum absolute atomic E-state index is 0.108. The van der Waals surface area contributed by atoms with Gasteiger partial charge in [0.25, 0.3) is 0 Å². The minimum Gasteiger partial charge on any atom is -0.469 e. The SMILES string of the molecule is Cc1ccc(C(=O)COC(=O)[C@@H]2C[C@H]2c2ccco2)s1. The van der Waals surface area contributed by atoms with Gasteiger partial charge >= 0.3 is 5.97 Å². The van der Waals surface area contributed by atoms with Crippen molar-refractivity contribution in [2.45, 2.75) is 19.3 Å². The molecule has 4 nitrogen and oxygen atoms in total. The third kappa shape index (κ3) is 2.67. The van der Waals surface area contributed by atoms with E-state index in [2.05, 4.69) is 0 Å². The molecule has 20 heavy (non-hydrogen) atoms. The van der Waals surface area contributed by atoms with Gasteiger partial charge in [-0.05, 0) is 37.6 Å². The summed E-state index contributed by atoms with van der Waals surface area (Å²) in [5.41, 5.74) is 0. The summed E-state index contributed by atoms with van der Waals surface area (Å²) in [5, 5.41) is 0.